The van der Waals surface area contributed by atoms with Gasteiger partial charge in [-0.3, -0.25) is 14.5 Å². The number of hydrogen-bond donors (Lipinski definition) is 0. The Morgan fingerprint density at radius 3 is 2.48 bits per heavy atom. The molecule has 6 heteroatoms. The van der Waals surface area contributed by atoms with E-state index in [0.29, 0.717) is 18.7 Å². The molecule has 1 amide bonds. The van der Waals surface area contributed by atoms with E-state index in [4.69, 9.17) is 0 Å². The molecule has 1 aliphatic heterocycles. The zero-order valence-electron chi connectivity index (χ0n) is 19.1. The summed E-state index contributed by atoms with van der Waals surface area (Å²) in [7, 11) is 3.98. The molecular formula is C25H36N4O2. The lowest BCUT2D eigenvalue weighted by atomic mass is 9.88. The number of pyridine rings is 1. The monoisotopic (exact) mass is 424 g/mol. The lowest BCUT2D eigenvalue weighted by Gasteiger charge is -2.35. The first-order chi connectivity index (χ1) is 15.0. The van der Waals surface area contributed by atoms with Crippen molar-refractivity contribution in [2.75, 3.05) is 46.3 Å². The number of aryl methyl sites for hydroxylation is 1. The Balaban J connectivity index is 1.55. The van der Waals surface area contributed by atoms with Gasteiger partial charge in [-0.2, -0.15) is 0 Å². The third kappa shape index (κ3) is 5.18. The summed E-state index contributed by atoms with van der Waals surface area (Å²) in [5.41, 5.74) is 1.64. The van der Waals surface area contributed by atoms with E-state index < -0.39 is 0 Å². The van der Waals surface area contributed by atoms with Gasteiger partial charge in [0.1, 0.15) is 0 Å². The maximum absolute atomic E-state index is 13.5. The Kier molecular flexibility index (Phi) is 7.08. The molecule has 4 rings (SSSR count). The van der Waals surface area contributed by atoms with Crippen LogP contribution in [-0.4, -0.2) is 71.5 Å². The van der Waals surface area contributed by atoms with Gasteiger partial charge in [0.2, 0.25) is 5.91 Å². The molecule has 2 fully saturated rings. The number of aromatic nitrogens is 1. The van der Waals surface area contributed by atoms with Crippen LogP contribution in [0.1, 0.15) is 37.7 Å². The number of carbonyl (C=O) groups is 1. The molecule has 1 saturated heterocycles. The second-order valence-electron chi connectivity index (χ2n) is 9.33. The number of rotatable bonds is 6. The topological polar surface area (TPSA) is 48.8 Å². The summed E-state index contributed by atoms with van der Waals surface area (Å²) in [6, 6.07) is 9.94. The van der Waals surface area contributed by atoms with Crippen molar-refractivity contribution in [3.8, 4) is 0 Å². The molecule has 2 heterocycles. The van der Waals surface area contributed by atoms with Crippen molar-refractivity contribution in [2.24, 2.45) is 13.0 Å². The fourth-order valence-electron chi connectivity index (χ4n) is 5.02. The smallest absolute Gasteiger partial charge is 0.255 e. The fraction of sp³-hybridized carbons (Fsp3) is 0.600. The largest absolute Gasteiger partial charge is 0.337 e. The number of benzene rings is 1. The molecule has 0 unspecified atom stereocenters. The van der Waals surface area contributed by atoms with Crippen molar-refractivity contribution in [1.82, 2.24) is 19.3 Å². The summed E-state index contributed by atoms with van der Waals surface area (Å²) in [4.78, 5) is 33.3. The van der Waals surface area contributed by atoms with Crippen LogP contribution >= 0.6 is 0 Å². The van der Waals surface area contributed by atoms with Gasteiger partial charge in [-0.25, -0.2) is 0 Å². The van der Waals surface area contributed by atoms with E-state index in [0.717, 1.165) is 69.3 Å². The number of likely N-dealkylation sites (N-methyl/N-ethyl adjacent to an activating group) is 1. The van der Waals surface area contributed by atoms with Gasteiger partial charge in [-0.15, -0.1) is 0 Å². The molecule has 0 bridgehead atoms. The van der Waals surface area contributed by atoms with Gasteiger partial charge in [0.25, 0.3) is 5.56 Å². The Morgan fingerprint density at radius 1 is 1.03 bits per heavy atom. The fourth-order valence-corrected chi connectivity index (χ4v) is 5.02. The summed E-state index contributed by atoms with van der Waals surface area (Å²) < 4.78 is 1.72. The van der Waals surface area contributed by atoms with E-state index in [1.807, 2.05) is 42.3 Å². The van der Waals surface area contributed by atoms with Gasteiger partial charge < -0.3 is 14.4 Å². The first-order valence-electron chi connectivity index (χ1n) is 11.8. The molecule has 168 valence electrons. The Morgan fingerprint density at radius 2 is 1.74 bits per heavy atom. The van der Waals surface area contributed by atoms with E-state index in [2.05, 4.69) is 16.8 Å². The van der Waals surface area contributed by atoms with Gasteiger partial charge in [-0.1, -0.05) is 37.5 Å². The van der Waals surface area contributed by atoms with Crippen molar-refractivity contribution < 1.29 is 4.79 Å². The second kappa shape index (κ2) is 9.96. The summed E-state index contributed by atoms with van der Waals surface area (Å²) in [6.07, 6.45) is 5.48. The average molecular weight is 425 g/mol. The number of fused-ring (bicyclic) bond motifs is 1. The van der Waals surface area contributed by atoms with Crippen LogP contribution in [0.25, 0.3) is 10.9 Å². The first kappa shape index (κ1) is 22.0. The minimum atomic E-state index is -0.000239. The predicted molar refractivity (Wildman–Crippen MR) is 125 cm³/mol. The van der Waals surface area contributed by atoms with E-state index in [1.165, 1.54) is 6.42 Å². The molecule has 2 aliphatic rings. The quantitative estimate of drug-likeness (QED) is 0.715. The number of nitrogens with zero attached hydrogens (tertiary/aromatic N) is 4. The molecule has 1 saturated carbocycles. The minimum Gasteiger partial charge on any atom is -0.337 e. The molecular weight excluding hydrogens is 388 g/mol. The Labute approximate surface area is 185 Å². The van der Waals surface area contributed by atoms with E-state index in [9.17, 15) is 9.59 Å². The van der Waals surface area contributed by atoms with Crippen molar-refractivity contribution in [2.45, 2.75) is 38.6 Å². The van der Waals surface area contributed by atoms with Crippen LogP contribution in [0.5, 0.6) is 0 Å². The van der Waals surface area contributed by atoms with Crippen molar-refractivity contribution >= 4 is 16.8 Å². The number of hydrogen-bond acceptors (Lipinski definition) is 4. The van der Waals surface area contributed by atoms with Crippen molar-refractivity contribution in [3.63, 3.8) is 0 Å². The first-order valence-corrected chi connectivity index (χ1v) is 11.8. The van der Waals surface area contributed by atoms with E-state index >= 15 is 0 Å². The minimum absolute atomic E-state index is 0.000239. The zero-order valence-corrected chi connectivity index (χ0v) is 19.1. The highest BCUT2D eigenvalue weighted by Gasteiger charge is 2.27. The van der Waals surface area contributed by atoms with Gasteiger partial charge in [-0.05, 0) is 37.4 Å². The van der Waals surface area contributed by atoms with Crippen LogP contribution in [0.15, 0.2) is 35.1 Å². The highest BCUT2D eigenvalue weighted by Crippen LogP contribution is 2.26. The maximum atomic E-state index is 13.5. The van der Waals surface area contributed by atoms with Gasteiger partial charge in [0, 0.05) is 57.8 Å². The number of amides is 1. The van der Waals surface area contributed by atoms with Gasteiger partial charge in [0.05, 0.1) is 12.1 Å². The molecule has 0 spiro atoms. The van der Waals surface area contributed by atoms with Crippen LogP contribution in [0.2, 0.25) is 0 Å². The number of para-hydroxylation sites is 1. The van der Waals surface area contributed by atoms with Crippen molar-refractivity contribution in [3.05, 3.63) is 46.2 Å². The third-order valence-electron chi connectivity index (χ3n) is 7.12. The Hall–Kier alpha value is -2.18. The van der Waals surface area contributed by atoms with Crippen LogP contribution in [0.4, 0.5) is 0 Å². The van der Waals surface area contributed by atoms with Gasteiger partial charge >= 0.3 is 0 Å². The molecule has 6 nitrogen and oxygen atoms in total. The van der Waals surface area contributed by atoms with Crippen LogP contribution in [0.3, 0.4) is 0 Å². The average Bonchev–Trinajstić information content (AvgIpc) is 2.81. The molecule has 0 N–H and O–H groups in total. The van der Waals surface area contributed by atoms with Gasteiger partial charge in [0.15, 0.2) is 0 Å². The Bertz CT molecular complexity index is 956. The molecule has 1 aromatic carbocycles. The molecule has 0 atom stereocenters. The number of piperazine rings is 1. The highest BCUT2D eigenvalue weighted by molar-refractivity contribution is 5.81. The molecule has 2 aromatic rings. The van der Waals surface area contributed by atoms with Crippen LogP contribution < -0.4 is 5.56 Å². The number of carbonyl (C=O) groups excluding carboxylic acids is 1. The SMILES string of the molecule is CN1CCN(CCN(Cc2cc3ccccc3n(C)c2=O)C(=O)C2CCCCC2)CC1. The third-order valence-corrected chi connectivity index (χ3v) is 7.12. The molecule has 1 aliphatic carbocycles. The summed E-state index contributed by atoms with van der Waals surface area (Å²) in [5.74, 6) is 0.356. The predicted octanol–water partition coefficient (Wildman–Crippen LogP) is 2.69. The zero-order chi connectivity index (χ0) is 21.8. The highest BCUT2D eigenvalue weighted by atomic mass is 16.2. The summed E-state index contributed by atoms with van der Waals surface area (Å²) in [6.45, 7) is 6.19. The summed E-state index contributed by atoms with van der Waals surface area (Å²) >= 11 is 0. The lowest BCUT2D eigenvalue weighted by molar-refractivity contribution is -0.137. The van der Waals surface area contributed by atoms with Crippen LogP contribution in [0, 0.1) is 5.92 Å². The van der Waals surface area contributed by atoms with Crippen LogP contribution in [-0.2, 0) is 18.4 Å². The maximum Gasteiger partial charge on any atom is 0.255 e. The molecule has 1 aromatic heterocycles. The normalized spacial score (nSPS) is 19.0. The standard InChI is InChI=1S/C25H36N4O2/c1-26-12-14-28(15-13-26)16-17-29(25(31)20-8-4-3-5-9-20)19-22-18-21-10-6-7-11-23(21)27(2)24(22)30/h6-7,10-11,18,20H,3-5,8-9,12-17,19H2,1-2H3. The van der Waals surface area contributed by atoms with E-state index in [-0.39, 0.29) is 17.4 Å². The molecule has 31 heavy (non-hydrogen) atoms. The second-order valence-corrected chi connectivity index (χ2v) is 9.33. The lowest BCUT2D eigenvalue weighted by Crippen LogP contribution is -2.48. The summed E-state index contributed by atoms with van der Waals surface area (Å²) in [5, 5.41) is 1.05. The van der Waals surface area contributed by atoms with Crippen molar-refractivity contribution in [1.29, 1.82) is 0 Å². The molecule has 0 radical (unpaired) electrons. The van der Waals surface area contributed by atoms with E-state index in [1.54, 1.807) is 4.57 Å².